The number of carbonyl (C=O) groups is 1. The van der Waals surface area contributed by atoms with Crippen LogP contribution in [-0.2, 0) is 17.9 Å². The van der Waals surface area contributed by atoms with Crippen LogP contribution in [0.5, 0.6) is 0 Å². The van der Waals surface area contributed by atoms with Gasteiger partial charge in [0.2, 0.25) is 5.91 Å². The summed E-state index contributed by atoms with van der Waals surface area (Å²) in [4.78, 5) is 22.1. The van der Waals surface area contributed by atoms with Crippen molar-refractivity contribution >= 4 is 28.3 Å². The van der Waals surface area contributed by atoms with Gasteiger partial charge in [0.05, 0.1) is 16.9 Å². The van der Waals surface area contributed by atoms with Crippen LogP contribution in [0.4, 0.5) is 0 Å². The molecule has 0 aromatic carbocycles. The molecule has 4 heterocycles. The Hall–Kier alpha value is -2.93. The number of hydrogen-bond donors (Lipinski definition) is 1. The van der Waals surface area contributed by atoms with E-state index in [4.69, 9.17) is 0 Å². The summed E-state index contributed by atoms with van der Waals surface area (Å²) >= 11 is 1.66. The molecule has 7 heteroatoms. The summed E-state index contributed by atoms with van der Waals surface area (Å²) in [5, 5.41) is 6.09. The maximum absolute atomic E-state index is 12.5. The molecular formula is C19H19N5OS. The van der Waals surface area contributed by atoms with Gasteiger partial charge in [0.1, 0.15) is 12.2 Å². The molecule has 0 unspecified atom stereocenters. The summed E-state index contributed by atoms with van der Waals surface area (Å²) in [5.41, 5.74) is 1.87. The molecule has 0 aliphatic heterocycles. The van der Waals surface area contributed by atoms with Gasteiger partial charge >= 0.3 is 0 Å². The van der Waals surface area contributed by atoms with E-state index < -0.39 is 0 Å². The number of carbonyl (C=O) groups excluding carboxylic acids is 1. The maximum atomic E-state index is 12.5. The molecule has 0 fully saturated rings. The highest BCUT2D eigenvalue weighted by Crippen LogP contribution is 2.30. The number of fused-ring (bicyclic) bond motifs is 1. The molecule has 0 radical (unpaired) electrons. The molecule has 0 saturated carbocycles. The smallest absolute Gasteiger partial charge is 0.240 e. The van der Waals surface area contributed by atoms with Crippen molar-refractivity contribution in [2.45, 2.75) is 19.5 Å². The van der Waals surface area contributed by atoms with Gasteiger partial charge in [-0.3, -0.25) is 4.79 Å². The SMILES string of the molecule is O=C(Cn1c(-c2cccs2)cc2cccnc21)NCCCn1ccnc1. The maximum Gasteiger partial charge on any atom is 0.240 e. The highest BCUT2D eigenvalue weighted by molar-refractivity contribution is 7.13. The van der Waals surface area contributed by atoms with Gasteiger partial charge in [-0.15, -0.1) is 11.3 Å². The molecule has 0 aliphatic carbocycles. The second-order valence-electron chi connectivity index (χ2n) is 6.01. The average molecular weight is 365 g/mol. The fourth-order valence-corrected chi connectivity index (χ4v) is 3.73. The summed E-state index contributed by atoms with van der Waals surface area (Å²) in [5.74, 6) is -0.00316. The number of aryl methyl sites for hydroxylation is 1. The normalized spacial score (nSPS) is 11.1. The van der Waals surface area contributed by atoms with E-state index in [0.717, 1.165) is 34.6 Å². The Balaban J connectivity index is 1.45. The lowest BCUT2D eigenvalue weighted by atomic mass is 10.3. The minimum atomic E-state index is -0.00316. The zero-order chi connectivity index (χ0) is 17.8. The molecule has 0 aliphatic rings. The standard InChI is InChI=1S/C19H19N5OS/c25-18(21-7-3-9-23-10-8-20-14-23)13-24-16(17-5-2-11-26-17)12-15-4-1-6-22-19(15)24/h1-2,4-6,8,10-12,14H,3,7,9,13H2,(H,21,25). The fourth-order valence-electron chi connectivity index (χ4n) is 2.98. The zero-order valence-electron chi connectivity index (χ0n) is 14.2. The van der Waals surface area contributed by atoms with Crippen LogP contribution in [-0.4, -0.2) is 31.6 Å². The van der Waals surface area contributed by atoms with Crippen LogP contribution in [0, 0.1) is 0 Å². The van der Waals surface area contributed by atoms with E-state index in [1.807, 2.05) is 38.9 Å². The van der Waals surface area contributed by atoms with Crippen molar-refractivity contribution in [3.8, 4) is 10.6 Å². The van der Waals surface area contributed by atoms with Gasteiger partial charge in [0.15, 0.2) is 0 Å². The first-order valence-corrected chi connectivity index (χ1v) is 9.40. The molecule has 1 N–H and O–H groups in total. The van der Waals surface area contributed by atoms with E-state index in [2.05, 4.69) is 27.4 Å². The van der Waals surface area contributed by atoms with Crippen molar-refractivity contribution in [3.05, 3.63) is 60.6 Å². The highest BCUT2D eigenvalue weighted by atomic mass is 32.1. The van der Waals surface area contributed by atoms with Crippen molar-refractivity contribution in [2.75, 3.05) is 6.54 Å². The van der Waals surface area contributed by atoms with Crippen LogP contribution in [0.3, 0.4) is 0 Å². The molecule has 4 aromatic heterocycles. The molecule has 0 spiro atoms. The Morgan fingerprint density at radius 2 is 2.19 bits per heavy atom. The highest BCUT2D eigenvalue weighted by Gasteiger charge is 2.14. The molecule has 0 bridgehead atoms. The van der Waals surface area contributed by atoms with Gasteiger partial charge in [0.25, 0.3) is 0 Å². The predicted molar refractivity (Wildman–Crippen MR) is 103 cm³/mol. The third-order valence-corrected chi connectivity index (χ3v) is 5.10. The molecule has 1 amide bonds. The minimum absolute atomic E-state index is 0.00316. The van der Waals surface area contributed by atoms with Crippen molar-refractivity contribution in [3.63, 3.8) is 0 Å². The Bertz CT molecular complexity index is 988. The summed E-state index contributed by atoms with van der Waals surface area (Å²) in [6, 6.07) is 10.1. The Morgan fingerprint density at radius 3 is 3.00 bits per heavy atom. The van der Waals surface area contributed by atoms with Crippen LogP contribution in [0.15, 0.2) is 60.6 Å². The second kappa shape index (κ2) is 7.53. The topological polar surface area (TPSA) is 64.7 Å². The number of pyridine rings is 1. The van der Waals surface area contributed by atoms with Gasteiger partial charge in [0, 0.05) is 37.1 Å². The van der Waals surface area contributed by atoms with Gasteiger partial charge < -0.3 is 14.5 Å². The van der Waals surface area contributed by atoms with Gasteiger partial charge in [-0.2, -0.15) is 0 Å². The van der Waals surface area contributed by atoms with E-state index >= 15 is 0 Å². The quantitative estimate of drug-likeness (QED) is 0.512. The van der Waals surface area contributed by atoms with Crippen LogP contribution in [0.25, 0.3) is 21.6 Å². The van der Waals surface area contributed by atoms with Gasteiger partial charge in [-0.25, -0.2) is 9.97 Å². The number of nitrogens with zero attached hydrogens (tertiary/aromatic N) is 4. The first kappa shape index (κ1) is 16.5. The van der Waals surface area contributed by atoms with Crippen molar-refractivity contribution < 1.29 is 4.79 Å². The molecule has 4 aromatic rings. The molecular weight excluding hydrogens is 346 g/mol. The summed E-state index contributed by atoms with van der Waals surface area (Å²) in [7, 11) is 0. The summed E-state index contributed by atoms with van der Waals surface area (Å²) < 4.78 is 4.00. The van der Waals surface area contributed by atoms with E-state index in [1.165, 1.54) is 0 Å². The van der Waals surface area contributed by atoms with Crippen molar-refractivity contribution in [2.24, 2.45) is 0 Å². The Kier molecular flexibility index (Phi) is 4.79. The molecule has 0 saturated heterocycles. The molecule has 26 heavy (non-hydrogen) atoms. The number of thiophene rings is 1. The van der Waals surface area contributed by atoms with E-state index in [-0.39, 0.29) is 12.5 Å². The van der Waals surface area contributed by atoms with Gasteiger partial charge in [-0.05, 0) is 36.1 Å². The molecule has 132 valence electrons. The first-order valence-electron chi connectivity index (χ1n) is 8.52. The molecule has 6 nitrogen and oxygen atoms in total. The number of nitrogens with one attached hydrogen (secondary N) is 1. The monoisotopic (exact) mass is 365 g/mol. The first-order chi connectivity index (χ1) is 12.8. The van der Waals surface area contributed by atoms with Crippen LogP contribution in [0.1, 0.15) is 6.42 Å². The van der Waals surface area contributed by atoms with Crippen molar-refractivity contribution in [1.82, 2.24) is 24.4 Å². The average Bonchev–Trinajstić information content (AvgIpc) is 3.40. The summed E-state index contributed by atoms with van der Waals surface area (Å²) in [6.07, 6.45) is 8.10. The largest absolute Gasteiger partial charge is 0.354 e. The summed E-state index contributed by atoms with van der Waals surface area (Å²) in [6.45, 7) is 1.74. The van der Waals surface area contributed by atoms with E-state index in [9.17, 15) is 4.79 Å². The van der Waals surface area contributed by atoms with Crippen LogP contribution < -0.4 is 5.32 Å². The van der Waals surface area contributed by atoms with Crippen LogP contribution in [0.2, 0.25) is 0 Å². The molecule has 0 atom stereocenters. The lowest BCUT2D eigenvalue weighted by Gasteiger charge is -2.10. The predicted octanol–water partition coefficient (Wildman–Crippen LogP) is 3.17. The van der Waals surface area contributed by atoms with Gasteiger partial charge in [-0.1, -0.05) is 6.07 Å². The Morgan fingerprint density at radius 1 is 1.23 bits per heavy atom. The number of rotatable bonds is 7. The number of imidazole rings is 1. The third kappa shape index (κ3) is 3.52. The van der Waals surface area contributed by atoms with Crippen LogP contribution >= 0.6 is 11.3 Å². The molecule has 4 rings (SSSR count). The number of aromatic nitrogens is 4. The third-order valence-electron chi connectivity index (χ3n) is 4.21. The van der Waals surface area contributed by atoms with Crippen molar-refractivity contribution in [1.29, 1.82) is 0 Å². The minimum Gasteiger partial charge on any atom is -0.354 e. The number of amides is 1. The lowest BCUT2D eigenvalue weighted by Crippen LogP contribution is -2.29. The van der Waals surface area contributed by atoms with E-state index in [1.54, 1.807) is 30.1 Å². The fraction of sp³-hybridized carbons (Fsp3) is 0.211. The van der Waals surface area contributed by atoms with E-state index in [0.29, 0.717) is 6.54 Å². The second-order valence-corrected chi connectivity index (χ2v) is 6.96. The lowest BCUT2D eigenvalue weighted by molar-refractivity contribution is -0.121. The Labute approximate surface area is 155 Å². The zero-order valence-corrected chi connectivity index (χ0v) is 15.0. The number of hydrogen-bond acceptors (Lipinski definition) is 4.